The van der Waals surface area contributed by atoms with Gasteiger partial charge in [-0.1, -0.05) is 41.9 Å². The van der Waals surface area contributed by atoms with E-state index in [2.05, 4.69) is 22.8 Å². The number of amides is 2. The molecule has 1 aliphatic carbocycles. The number of halogens is 2. The molecule has 33 heavy (non-hydrogen) atoms. The second-order valence-corrected chi connectivity index (χ2v) is 9.36. The van der Waals surface area contributed by atoms with Gasteiger partial charge in [-0.25, -0.2) is 4.90 Å². The van der Waals surface area contributed by atoms with Crippen molar-refractivity contribution in [2.45, 2.75) is 12.0 Å². The molecule has 4 unspecified atom stereocenters. The van der Waals surface area contributed by atoms with Gasteiger partial charge in [-0.2, -0.15) is 4.57 Å². The number of benzene rings is 2. The molecule has 0 saturated carbocycles. The van der Waals surface area contributed by atoms with Gasteiger partial charge in [-0.15, -0.1) is 0 Å². The molecule has 0 spiro atoms. The summed E-state index contributed by atoms with van der Waals surface area (Å²) in [5.74, 6) is -1.10. The number of imide groups is 1. The average Bonchev–Trinajstić information content (AvgIpc) is 3.04. The van der Waals surface area contributed by atoms with E-state index in [4.69, 9.17) is 30.2 Å². The van der Waals surface area contributed by atoms with E-state index in [1.165, 1.54) is 10.5 Å². The molecule has 3 N–H and O–H groups in total. The van der Waals surface area contributed by atoms with Gasteiger partial charge >= 0.3 is 28.9 Å². The van der Waals surface area contributed by atoms with Crippen LogP contribution in [0.25, 0.3) is 0 Å². The van der Waals surface area contributed by atoms with Crippen molar-refractivity contribution < 1.29 is 43.0 Å². The van der Waals surface area contributed by atoms with Crippen molar-refractivity contribution in [1.82, 2.24) is 0 Å². The van der Waals surface area contributed by atoms with Gasteiger partial charge in [-0.05, 0) is 29.8 Å². The Bertz CT molecular complexity index is 1140. The minimum atomic E-state index is -4.19. The molecule has 3 aliphatic heterocycles. The molecule has 7 rings (SSSR count). The van der Waals surface area contributed by atoms with Crippen LogP contribution in [0.2, 0.25) is 5.02 Å². The molecule has 1 fully saturated rings. The first-order valence-electron chi connectivity index (χ1n) is 10.1. The number of hydrogen-bond donors (Lipinski definition) is 3. The summed E-state index contributed by atoms with van der Waals surface area (Å²) in [5, 5.41) is 0.579. The summed E-state index contributed by atoms with van der Waals surface area (Å²) < 4.78 is 32.4. The van der Waals surface area contributed by atoms with Crippen molar-refractivity contribution in [3.05, 3.63) is 94.8 Å². The third-order valence-electron chi connectivity index (χ3n) is 6.37. The summed E-state index contributed by atoms with van der Waals surface area (Å²) in [5.41, 5.74) is 4.01. The van der Waals surface area contributed by atoms with Crippen LogP contribution >= 0.6 is 11.6 Å². The van der Waals surface area contributed by atoms with E-state index in [9.17, 15) is 9.59 Å². The molecule has 2 aromatic carbocycles. The monoisotopic (exact) mass is 489 g/mol. The fourth-order valence-electron chi connectivity index (χ4n) is 5.34. The van der Waals surface area contributed by atoms with Crippen molar-refractivity contribution in [2.24, 2.45) is 11.8 Å². The summed E-state index contributed by atoms with van der Waals surface area (Å²) in [6.45, 7) is 0. The van der Waals surface area contributed by atoms with Crippen molar-refractivity contribution >= 4 is 29.1 Å². The molecular weight excluding hydrogens is 471 g/mol. The Labute approximate surface area is 195 Å². The summed E-state index contributed by atoms with van der Waals surface area (Å²) in [4.78, 5) is 28.4. The molecule has 4 heterocycles. The number of carbonyl (C=O) groups excluding carboxylic acids is 2. The molecule has 4 aliphatic rings. The van der Waals surface area contributed by atoms with E-state index in [0.717, 1.165) is 11.3 Å². The number of pyridine rings is 1. The SMILES string of the molecule is O=C1C2C3c4ccccc4C(C2C(=O)N1c1ccc(Cl)cc1)[n+]1ccccc13.[O-][Cl+](O)(O)O. The van der Waals surface area contributed by atoms with Crippen LogP contribution in [-0.4, -0.2) is 25.8 Å². The molecule has 170 valence electrons. The molecule has 3 aromatic rings. The predicted molar refractivity (Wildman–Crippen MR) is 111 cm³/mol. The standard InChI is InChI=1S/C23H16ClN2O2.ClH3O4/c24-13-8-10-14(11-9-13)26-22(27)19-18-15-5-1-2-6-16(15)21(20(19)23(26)28)25-12-4-3-7-17(18)25;2-1(3,4)5/h1-12,18-21H;2-4H/q+1;. The molecular formula is C23H19Cl2N2O6+. The summed E-state index contributed by atoms with van der Waals surface area (Å²) in [6.07, 6.45) is 2.03. The Balaban J connectivity index is 0.000000416. The summed E-state index contributed by atoms with van der Waals surface area (Å²) in [6, 6.07) is 21.0. The third-order valence-corrected chi connectivity index (χ3v) is 6.63. The van der Waals surface area contributed by atoms with Gasteiger partial charge in [0.05, 0.1) is 17.5 Å². The Morgan fingerprint density at radius 3 is 2.09 bits per heavy atom. The van der Waals surface area contributed by atoms with E-state index >= 15 is 0 Å². The molecule has 0 radical (unpaired) electrons. The van der Waals surface area contributed by atoms with Crippen LogP contribution in [0.15, 0.2) is 72.9 Å². The minimum absolute atomic E-state index is 0.110. The van der Waals surface area contributed by atoms with E-state index in [0.29, 0.717) is 10.7 Å². The van der Waals surface area contributed by atoms with Crippen molar-refractivity contribution in [1.29, 1.82) is 0 Å². The molecule has 1 saturated heterocycles. The van der Waals surface area contributed by atoms with Crippen molar-refractivity contribution in [3.63, 3.8) is 0 Å². The quantitative estimate of drug-likeness (QED) is 0.340. The van der Waals surface area contributed by atoms with Gasteiger partial charge in [0.15, 0.2) is 17.9 Å². The Morgan fingerprint density at radius 2 is 1.42 bits per heavy atom. The first-order chi connectivity index (χ1) is 15.7. The van der Waals surface area contributed by atoms with Gasteiger partial charge in [-0.3, -0.25) is 9.59 Å². The van der Waals surface area contributed by atoms with Gasteiger partial charge < -0.3 is 0 Å². The topological polar surface area (TPSA) is 125 Å². The van der Waals surface area contributed by atoms with E-state index in [1.807, 2.05) is 30.5 Å². The molecule has 1 aromatic heterocycles. The van der Waals surface area contributed by atoms with Crippen LogP contribution in [0.3, 0.4) is 0 Å². The number of hydrogen-bond acceptors (Lipinski definition) is 6. The van der Waals surface area contributed by atoms with E-state index < -0.39 is 10.2 Å². The number of aromatic nitrogens is 1. The zero-order chi connectivity index (χ0) is 23.5. The zero-order valence-electron chi connectivity index (χ0n) is 17.0. The predicted octanol–water partition coefficient (Wildman–Crippen LogP) is 0.622. The molecule has 2 amide bonds. The number of nitrogens with zero attached hydrogens (tertiary/aromatic N) is 2. The van der Waals surface area contributed by atoms with Gasteiger partial charge in [0.1, 0.15) is 5.92 Å². The van der Waals surface area contributed by atoms with Crippen LogP contribution in [-0.2, 0) is 9.59 Å². The Kier molecular flexibility index (Phi) is 5.24. The molecule has 8 nitrogen and oxygen atoms in total. The zero-order valence-corrected chi connectivity index (χ0v) is 18.5. The van der Waals surface area contributed by atoms with Crippen LogP contribution in [0.1, 0.15) is 28.8 Å². The molecule has 2 bridgehead atoms. The fourth-order valence-corrected chi connectivity index (χ4v) is 5.47. The van der Waals surface area contributed by atoms with Crippen LogP contribution in [0.5, 0.6) is 0 Å². The van der Waals surface area contributed by atoms with Crippen molar-refractivity contribution in [2.75, 3.05) is 4.90 Å². The first kappa shape index (κ1) is 22.0. The summed E-state index contributed by atoms with van der Waals surface area (Å²) in [7, 11) is -4.19. The first-order valence-corrected chi connectivity index (χ1v) is 11.8. The van der Waals surface area contributed by atoms with E-state index in [-0.39, 0.29) is 35.6 Å². The molecule has 4 atom stereocenters. The molecule has 10 heteroatoms. The fraction of sp³-hybridized carbons (Fsp3) is 0.174. The van der Waals surface area contributed by atoms with Gasteiger partial charge in [0.2, 0.25) is 11.8 Å². The van der Waals surface area contributed by atoms with Crippen LogP contribution in [0.4, 0.5) is 5.69 Å². The average molecular weight is 490 g/mol. The normalized spacial score (nSPS) is 25.1. The van der Waals surface area contributed by atoms with Gasteiger partial charge in [0.25, 0.3) is 0 Å². The third kappa shape index (κ3) is 3.61. The van der Waals surface area contributed by atoms with E-state index in [1.54, 1.807) is 24.3 Å². The number of rotatable bonds is 1. The van der Waals surface area contributed by atoms with Crippen LogP contribution in [0, 0.1) is 22.1 Å². The Morgan fingerprint density at radius 1 is 0.848 bits per heavy atom. The second kappa shape index (κ2) is 7.88. The summed E-state index contributed by atoms with van der Waals surface area (Å²) >= 11 is 6.00. The van der Waals surface area contributed by atoms with Gasteiger partial charge in [0, 0.05) is 22.7 Å². The van der Waals surface area contributed by atoms with Crippen molar-refractivity contribution in [3.8, 4) is 0 Å². The second-order valence-electron chi connectivity index (χ2n) is 8.06. The maximum absolute atomic E-state index is 13.5. The number of carbonyl (C=O) groups is 2. The Hall–Kier alpha value is -2.85. The maximum atomic E-state index is 13.5. The van der Waals surface area contributed by atoms with Crippen LogP contribution < -0.4 is 14.1 Å². The number of anilines is 1.